The summed E-state index contributed by atoms with van der Waals surface area (Å²) in [6.07, 6.45) is 3.99. The van der Waals surface area contributed by atoms with Crippen LogP contribution in [0.2, 0.25) is 5.02 Å². The summed E-state index contributed by atoms with van der Waals surface area (Å²) in [4.78, 5) is 25.8. The van der Waals surface area contributed by atoms with Crippen LogP contribution in [0.4, 0.5) is 5.69 Å². The Morgan fingerprint density at radius 2 is 1.86 bits per heavy atom. The SMILES string of the molecule is Cc1cc(C)c2c(CC(=O)N/N=C3\CCCc4oc(C(=O)Nc5ccc(Cl)cc5C)c(C)c43)coc2c1. The van der Waals surface area contributed by atoms with Crippen molar-refractivity contribution in [3.63, 3.8) is 0 Å². The fourth-order valence-corrected chi connectivity index (χ4v) is 5.27. The molecular formula is C29H28ClN3O4. The van der Waals surface area contributed by atoms with Crippen LogP contribution in [0.1, 0.15) is 62.5 Å². The van der Waals surface area contributed by atoms with Gasteiger partial charge in [0.1, 0.15) is 11.3 Å². The van der Waals surface area contributed by atoms with Gasteiger partial charge in [0.05, 0.1) is 18.4 Å². The van der Waals surface area contributed by atoms with E-state index in [9.17, 15) is 9.59 Å². The molecule has 0 saturated carbocycles. The monoisotopic (exact) mass is 517 g/mol. The van der Waals surface area contributed by atoms with Crippen molar-refractivity contribution in [2.45, 2.75) is 53.4 Å². The summed E-state index contributed by atoms with van der Waals surface area (Å²) in [6, 6.07) is 9.33. The highest BCUT2D eigenvalue weighted by Gasteiger charge is 2.28. The van der Waals surface area contributed by atoms with Gasteiger partial charge in [0, 0.05) is 39.2 Å². The Bertz CT molecular complexity index is 1580. The normalized spacial score (nSPS) is 14.1. The Morgan fingerprint density at radius 1 is 1.05 bits per heavy atom. The summed E-state index contributed by atoms with van der Waals surface area (Å²) in [7, 11) is 0. The molecule has 0 aliphatic heterocycles. The number of nitrogens with one attached hydrogen (secondary N) is 2. The third kappa shape index (κ3) is 4.91. The van der Waals surface area contributed by atoms with Gasteiger partial charge in [0.25, 0.3) is 5.91 Å². The zero-order valence-electron chi connectivity index (χ0n) is 21.3. The lowest BCUT2D eigenvalue weighted by molar-refractivity contribution is -0.120. The van der Waals surface area contributed by atoms with Crippen molar-refractivity contribution in [2.24, 2.45) is 5.10 Å². The van der Waals surface area contributed by atoms with E-state index in [1.807, 2.05) is 33.8 Å². The second kappa shape index (κ2) is 9.90. The second-order valence-electron chi connectivity index (χ2n) is 9.61. The fourth-order valence-electron chi connectivity index (χ4n) is 5.04. The molecule has 0 bridgehead atoms. The quantitative estimate of drug-likeness (QED) is 0.293. The molecule has 4 aromatic rings. The number of benzene rings is 2. The topological polar surface area (TPSA) is 96.8 Å². The minimum Gasteiger partial charge on any atom is -0.464 e. The molecule has 37 heavy (non-hydrogen) atoms. The number of amides is 2. The zero-order chi connectivity index (χ0) is 26.3. The molecule has 0 fully saturated rings. The minimum atomic E-state index is -0.335. The van der Waals surface area contributed by atoms with Gasteiger partial charge < -0.3 is 14.2 Å². The Balaban J connectivity index is 1.34. The number of hydrogen-bond donors (Lipinski definition) is 2. The number of hydrogen-bond acceptors (Lipinski definition) is 5. The van der Waals surface area contributed by atoms with Gasteiger partial charge in [-0.05, 0) is 81.5 Å². The Labute approximate surface area is 219 Å². The zero-order valence-corrected chi connectivity index (χ0v) is 22.0. The van der Waals surface area contributed by atoms with Crippen LogP contribution in [0, 0.1) is 27.7 Å². The van der Waals surface area contributed by atoms with Gasteiger partial charge in [-0.25, -0.2) is 5.43 Å². The molecular weight excluding hydrogens is 490 g/mol. The molecule has 0 spiro atoms. The number of rotatable bonds is 5. The lowest BCUT2D eigenvalue weighted by Crippen LogP contribution is -2.23. The molecule has 2 heterocycles. The molecule has 0 saturated heterocycles. The number of carbonyl (C=O) groups excluding carboxylic acids is 2. The maximum Gasteiger partial charge on any atom is 0.291 e. The Hall–Kier alpha value is -3.84. The molecule has 5 rings (SSSR count). The molecule has 1 aliphatic carbocycles. The van der Waals surface area contributed by atoms with E-state index in [1.54, 1.807) is 24.5 Å². The first-order valence-electron chi connectivity index (χ1n) is 12.2. The van der Waals surface area contributed by atoms with Gasteiger partial charge in [-0.3, -0.25) is 9.59 Å². The molecule has 0 unspecified atom stereocenters. The number of carbonyl (C=O) groups is 2. The van der Waals surface area contributed by atoms with Crippen molar-refractivity contribution < 1.29 is 18.4 Å². The van der Waals surface area contributed by atoms with E-state index >= 15 is 0 Å². The Morgan fingerprint density at radius 3 is 2.65 bits per heavy atom. The largest absolute Gasteiger partial charge is 0.464 e. The molecule has 2 aromatic heterocycles. The fraction of sp³-hybridized carbons (Fsp3) is 0.276. The number of nitrogens with zero attached hydrogens (tertiary/aromatic N) is 1. The lowest BCUT2D eigenvalue weighted by atomic mass is 9.93. The maximum atomic E-state index is 13.0. The number of fused-ring (bicyclic) bond motifs is 2. The Kier molecular flexibility index (Phi) is 6.65. The predicted molar refractivity (Wildman–Crippen MR) is 145 cm³/mol. The van der Waals surface area contributed by atoms with Crippen molar-refractivity contribution >= 4 is 45.8 Å². The van der Waals surface area contributed by atoms with Crippen LogP contribution in [-0.4, -0.2) is 17.5 Å². The number of hydrazone groups is 1. The summed E-state index contributed by atoms with van der Waals surface area (Å²) < 4.78 is 11.7. The first-order chi connectivity index (χ1) is 17.7. The van der Waals surface area contributed by atoms with Crippen LogP contribution in [-0.2, 0) is 17.6 Å². The molecule has 7 nitrogen and oxygen atoms in total. The van der Waals surface area contributed by atoms with E-state index in [-0.39, 0.29) is 24.0 Å². The average Bonchev–Trinajstić information content (AvgIpc) is 3.40. The molecule has 8 heteroatoms. The number of aryl methyl sites for hydroxylation is 4. The first-order valence-corrected chi connectivity index (χ1v) is 12.6. The van der Waals surface area contributed by atoms with Crippen LogP contribution in [0.3, 0.4) is 0 Å². The van der Waals surface area contributed by atoms with Gasteiger partial charge in [-0.1, -0.05) is 17.7 Å². The van der Waals surface area contributed by atoms with E-state index in [0.717, 1.165) is 45.2 Å². The smallest absolute Gasteiger partial charge is 0.291 e. The van der Waals surface area contributed by atoms with Crippen molar-refractivity contribution in [2.75, 3.05) is 5.32 Å². The van der Waals surface area contributed by atoms with E-state index < -0.39 is 0 Å². The highest BCUT2D eigenvalue weighted by molar-refractivity contribution is 6.30. The maximum absolute atomic E-state index is 13.0. The number of furan rings is 2. The highest BCUT2D eigenvalue weighted by atomic mass is 35.5. The van der Waals surface area contributed by atoms with E-state index in [2.05, 4.69) is 21.9 Å². The lowest BCUT2D eigenvalue weighted by Gasteiger charge is -2.13. The van der Waals surface area contributed by atoms with E-state index in [1.165, 1.54) is 0 Å². The van der Waals surface area contributed by atoms with Crippen molar-refractivity contribution in [1.82, 2.24) is 5.43 Å². The molecule has 2 amide bonds. The van der Waals surface area contributed by atoms with Gasteiger partial charge in [0.15, 0.2) is 5.76 Å². The van der Waals surface area contributed by atoms with Crippen molar-refractivity contribution in [3.8, 4) is 0 Å². The van der Waals surface area contributed by atoms with Gasteiger partial charge in [-0.2, -0.15) is 5.10 Å². The molecule has 190 valence electrons. The van der Waals surface area contributed by atoms with E-state index in [0.29, 0.717) is 40.6 Å². The molecule has 2 N–H and O–H groups in total. The molecule has 1 aliphatic rings. The van der Waals surface area contributed by atoms with Crippen LogP contribution in [0.25, 0.3) is 11.0 Å². The third-order valence-corrected chi connectivity index (χ3v) is 6.96. The molecule has 2 aromatic carbocycles. The summed E-state index contributed by atoms with van der Waals surface area (Å²) in [5, 5.41) is 8.92. The number of halogens is 1. The van der Waals surface area contributed by atoms with Crippen molar-refractivity contribution in [3.05, 3.63) is 86.5 Å². The van der Waals surface area contributed by atoms with Gasteiger partial charge in [-0.15, -0.1) is 0 Å². The van der Waals surface area contributed by atoms with Crippen LogP contribution >= 0.6 is 11.6 Å². The highest BCUT2D eigenvalue weighted by Crippen LogP contribution is 2.31. The first kappa shape index (κ1) is 24.8. The summed E-state index contributed by atoms with van der Waals surface area (Å²) >= 11 is 6.03. The third-order valence-electron chi connectivity index (χ3n) is 6.73. The second-order valence-corrected chi connectivity index (χ2v) is 10.0. The minimum absolute atomic E-state index is 0.152. The predicted octanol–water partition coefficient (Wildman–Crippen LogP) is 6.56. The number of anilines is 1. The van der Waals surface area contributed by atoms with Crippen molar-refractivity contribution in [1.29, 1.82) is 0 Å². The van der Waals surface area contributed by atoms with Crippen LogP contribution in [0.15, 0.2) is 50.5 Å². The standard InChI is InChI=1S/C29H28ClN3O4/c1-15-10-17(3)26-19(14-36-24(26)11-15)13-25(34)33-32-22-6-5-7-23-27(22)18(4)28(37-23)29(35)31-21-9-8-20(30)12-16(21)2/h8-12,14H,5-7,13H2,1-4H3,(H,31,35)(H,33,34)/b32-22+. The van der Waals surface area contributed by atoms with Crippen LogP contribution < -0.4 is 10.7 Å². The summed E-state index contributed by atoms with van der Waals surface area (Å²) in [5.41, 5.74) is 10.2. The van der Waals surface area contributed by atoms with Crippen LogP contribution in [0.5, 0.6) is 0 Å². The summed E-state index contributed by atoms with van der Waals surface area (Å²) in [6.45, 7) is 7.75. The van der Waals surface area contributed by atoms with Gasteiger partial charge >= 0.3 is 0 Å². The van der Waals surface area contributed by atoms with Gasteiger partial charge in [0.2, 0.25) is 5.91 Å². The molecule has 0 radical (unpaired) electrons. The summed E-state index contributed by atoms with van der Waals surface area (Å²) in [5.74, 6) is 0.384. The van der Waals surface area contributed by atoms with E-state index in [4.69, 9.17) is 20.4 Å². The molecule has 0 atom stereocenters. The average molecular weight is 518 g/mol.